The summed E-state index contributed by atoms with van der Waals surface area (Å²) in [6.07, 6.45) is 0. The minimum atomic E-state index is -4.39. The Morgan fingerprint density at radius 2 is 0.815 bits per heavy atom. The minimum absolute atomic E-state index is 0.273. The molecule has 0 radical (unpaired) electrons. The van der Waals surface area contributed by atoms with Crippen LogP contribution in [0.4, 0.5) is 0 Å². The van der Waals surface area contributed by atoms with Crippen LogP contribution in [0.1, 0.15) is 38.0 Å². The first-order valence-electron chi connectivity index (χ1n) is 8.91. The second kappa shape index (κ2) is 8.27. The first kappa shape index (κ1) is 19.0. The van der Waals surface area contributed by atoms with Gasteiger partial charge in [-0.15, -0.1) is 0 Å². The average molecular weight is 417 g/mol. The standard InChI is InChI=1S/C23H20GeO3/c1-2-24(21(25)18-12-6-3-7-13-18,22(26)19-14-8-4-9-15-19)23(27)20-16-10-5-11-17-20/h3-17H,2H2,1H3. The Bertz CT molecular complexity index is 825. The van der Waals surface area contributed by atoms with Gasteiger partial charge in [-0.3, -0.25) is 0 Å². The van der Waals surface area contributed by atoms with Crippen LogP contribution in [0.3, 0.4) is 0 Å². The third kappa shape index (κ3) is 3.55. The molecule has 0 atom stereocenters. The summed E-state index contributed by atoms with van der Waals surface area (Å²) in [6, 6.07) is 26.1. The van der Waals surface area contributed by atoms with E-state index in [0.717, 1.165) is 0 Å². The third-order valence-corrected chi connectivity index (χ3v) is 13.7. The van der Waals surface area contributed by atoms with E-state index in [2.05, 4.69) is 0 Å². The summed E-state index contributed by atoms with van der Waals surface area (Å²) in [5.41, 5.74) is 1.31. The summed E-state index contributed by atoms with van der Waals surface area (Å²) < 4.78 is -0.831. The van der Waals surface area contributed by atoms with E-state index in [0.29, 0.717) is 16.7 Å². The van der Waals surface area contributed by atoms with Crippen molar-refractivity contribution < 1.29 is 14.4 Å². The van der Waals surface area contributed by atoms with E-state index in [1.165, 1.54) is 0 Å². The normalized spacial score (nSPS) is 11.0. The van der Waals surface area contributed by atoms with Crippen molar-refractivity contribution >= 4 is 27.1 Å². The van der Waals surface area contributed by atoms with Crippen molar-refractivity contribution in [1.82, 2.24) is 0 Å². The first-order chi connectivity index (χ1) is 13.1. The Morgan fingerprint density at radius 1 is 0.556 bits per heavy atom. The van der Waals surface area contributed by atoms with E-state index in [1.807, 2.05) is 18.2 Å². The average Bonchev–Trinajstić information content (AvgIpc) is 2.76. The van der Waals surface area contributed by atoms with Gasteiger partial charge < -0.3 is 0 Å². The van der Waals surface area contributed by atoms with E-state index in [9.17, 15) is 14.4 Å². The van der Waals surface area contributed by atoms with Crippen LogP contribution in [0.2, 0.25) is 5.25 Å². The Balaban J connectivity index is 2.20. The Labute approximate surface area is 161 Å². The van der Waals surface area contributed by atoms with Crippen LogP contribution >= 0.6 is 0 Å². The van der Waals surface area contributed by atoms with Gasteiger partial charge in [0, 0.05) is 0 Å². The maximum absolute atomic E-state index is 13.6. The van der Waals surface area contributed by atoms with Crippen molar-refractivity contribution in [2.24, 2.45) is 0 Å². The van der Waals surface area contributed by atoms with Gasteiger partial charge in [-0.25, -0.2) is 0 Å². The van der Waals surface area contributed by atoms with Gasteiger partial charge in [0.05, 0.1) is 0 Å². The van der Waals surface area contributed by atoms with Crippen LogP contribution in [-0.4, -0.2) is 27.1 Å². The molecule has 0 amide bonds. The third-order valence-electron chi connectivity index (χ3n) is 4.80. The SMILES string of the molecule is C[CH2][Ge]([C](=O)c1ccccc1)([C](=O)c1ccccc1)[C](=O)c1ccccc1. The van der Waals surface area contributed by atoms with Crippen LogP contribution < -0.4 is 0 Å². The van der Waals surface area contributed by atoms with Crippen molar-refractivity contribution in [1.29, 1.82) is 0 Å². The molecule has 0 bridgehead atoms. The molecule has 3 aromatic rings. The zero-order chi connectivity index (χ0) is 19.3. The van der Waals surface area contributed by atoms with Crippen LogP contribution in [0, 0.1) is 0 Å². The molecule has 3 rings (SSSR count). The predicted octanol–water partition coefficient (Wildman–Crippen LogP) is 4.72. The molecule has 0 aliphatic carbocycles. The van der Waals surface area contributed by atoms with Crippen molar-refractivity contribution in [2.75, 3.05) is 0 Å². The number of carbonyl (C=O) groups excluding carboxylic acids is 3. The van der Waals surface area contributed by atoms with Gasteiger partial charge in [0.15, 0.2) is 0 Å². The second-order valence-electron chi connectivity index (χ2n) is 6.34. The Kier molecular flexibility index (Phi) is 5.82. The van der Waals surface area contributed by atoms with Gasteiger partial charge in [0.25, 0.3) is 0 Å². The molecule has 0 aromatic heterocycles. The molecule has 27 heavy (non-hydrogen) atoms. The zero-order valence-electron chi connectivity index (χ0n) is 15.1. The summed E-state index contributed by atoms with van der Waals surface area (Å²) in [6.45, 7) is 1.79. The Morgan fingerprint density at radius 3 is 1.04 bits per heavy atom. The molecule has 0 saturated heterocycles. The molecule has 134 valence electrons. The topological polar surface area (TPSA) is 51.2 Å². The van der Waals surface area contributed by atoms with Crippen LogP contribution in [0.25, 0.3) is 0 Å². The second-order valence-corrected chi connectivity index (χ2v) is 14.5. The monoisotopic (exact) mass is 418 g/mol. The molecule has 3 aromatic carbocycles. The molecular weight excluding hydrogens is 397 g/mol. The molecule has 0 aliphatic heterocycles. The van der Waals surface area contributed by atoms with E-state index in [4.69, 9.17) is 0 Å². The summed E-state index contributed by atoms with van der Waals surface area (Å²) in [5, 5.41) is 0.273. The van der Waals surface area contributed by atoms with E-state index in [-0.39, 0.29) is 19.1 Å². The number of hydrogen-bond acceptors (Lipinski definition) is 3. The number of carbonyl (C=O) groups is 3. The molecule has 0 aliphatic rings. The number of benzene rings is 3. The molecule has 0 N–H and O–H groups in total. The predicted molar refractivity (Wildman–Crippen MR) is 109 cm³/mol. The van der Waals surface area contributed by atoms with Crippen molar-refractivity contribution in [2.45, 2.75) is 12.2 Å². The maximum atomic E-state index is 13.6. The van der Waals surface area contributed by atoms with Crippen molar-refractivity contribution in [3.63, 3.8) is 0 Å². The fourth-order valence-corrected chi connectivity index (χ4v) is 10.8. The van der Waals surface area contributed by atoms with Crippen LogP contribution in [-0.2, 0) is 0 Å². The molecule has 0 unspecified atom stereocenters. The summed E-state index contributed by atoms with van der Waals surface area (Å²) >= 11 is -4.39. The number of hydrogen-bond donors (Lipinski definition) is 0. The van der Waals surface area contributed by atoms with Gasteiger partial charge in [0.1, 0.15) is 0 Å². The van der Waals surface area contributed by atoms with Crippen molar-refractivity contribution in [3.8, 4) is 0 Å². The molecule has 0 heterocycles. The molecule has 0 saturated carbocycles. The number of rotatable bonds is 7. The van der Waals surface area contributed by atoms with E-state index >= 15 is 0 Å². The quantitative estimate of drug-likeness (QED) is 0.523. The molecule has 4 heteroatoms. The van der Waals surface area contributed by atoms with Crippen molar-refractivity contribution in [3.05, 3.63) is 108 Å². The zero-order valence-corrected chi connectivity index (χ0v) is 17.2. The van der Waals surface area contributed by atoms with E-state index in [1.54, 1.807) is 79.7 Å². The van der Waals surface area contributed by atoms with E-state index < -0.39 is 13.3 Å². The summed E-state index contributed by atoms with van der Waals surface area (Å²) in [4.78, 5) is 40.7. The van der Waals surface area contributed by atoms with Gasteiger partial charge in [0.2, 0.25) is 0 Å². The van der Waals surface area contributed by atoms with Gasteiger partial charge in [-0.05, 0) is 0 Å². The molecule has 0 spiro atoms. The fourth-order valence-electron chi connectivity index (χ4n) is 3.30. The Hall–Kier alpha value is -2.79. The van der Waals surface area contributed by atoms with Crippen LogP contribution in [0.15, 0.2) is 91.0 Å². The van der Waals surface area contributed by atoms with Gasteiger partial charge >= 0.3 is 161 Å². The van der Waals surface area contributed by atoms with Crippen LogP contribution in [0.5, 0.6) is 0 Å². The van der Waals surface area contributed by atoms with Gasteiger partial charge in [-0.1, -0.05) is 0 Å². The first-order valence-corrected chi connectivity index (χ1v) is 13.5. The molecule has 0 fully saturated rings. The summed E-state index contributed by atoms with van der Waals surface area (Å²) in [5.74, 6) is 0. The van der Waals surface area contributed by atoms with Gasteiger partial charge in [-0.2, -0.15) is 0 Å². The molecular formula is C23H20GeO3. The summed E-state index contributed by atoms with van der Waals surface area (Å²) in [7, 11) is 0. The fraction of sp³-hybridized carbons (Fsp3) is 0.0870. The molecule has 3 nitrogen and oxygen atoms in total.